The molecule has 1 fully saturated rings. The summed E-state index contributed by atoms with van der Waals surface area (Å²) in [7, 11) is 0. The number of benzene rings is 2. The normalized spacial score (nSPS) is 20.7. The van der Waals surface area contributed by atoms with Crippen molar-refractivity contribution < 1.29 is 4.74 Å². The molecule has 0 N–H and O–H groups in total. The van der Waals surface area contributed by atoms with Gasteiger partial charge in [0.05, 0.1) is 24.0 Å². The molecule has 0 spiro atoms. The highest BCUT2D eigenvalue weighted by Gasteiger charge is 2.33. The summed E-state index contributed by atoms with van der Waals surface area (Å²) in [6, 6.07) is 16.6. The highest BCUT2D eigenvalue weighted by atomic mass is 35.5. The summed E-state index contributed by atoms with van der Waals surface area (Å²) in [6.45, 7) is 5.15. The van der Waals surface area contributed by atoms with Crippen molar-refractivity contribution in [2.45, 2.75) is 64.1 Å². The number of para-hydroxylation sites is 1. The molecule has 30 heavy (non-hydrogen) atoms. The molecule has 2 heterocycles. The maximum absolute atomic E-state index is 6.34. The van der Waals surface area contributed by atoms with E-state index in [-0.39, 0.29) is 6.10 Å². The number of nitrogens with zero attached hydrogens (tertiary/aromatic N) is 4. The second-order valence-corrected chi connectivity index (χ2v) is 9.01. The number of ether oxygens (including phenoxy) is 1. The Kier molecular flexibility index (Phi) is 5.15. The van der Waals surface area contributed by atoms with E-state index in [1.165, 1.54) is 0 Å². The minimum atomic E-state index is 0.273. The first-order valence-electron chi connectivity index (χ1n) is 10.8. The SMILES string of the molecule is CC(C)N1Cc2nnc(C3CCC(Oc4ccccc4)CC3)n2-c2ccc(Cl)cc21. The van der Waals surface area contributed by atoms with Gasteiger partial charge in [0.25, 0.3) is 0 Å². The van der Waals surface area contributed by atoms with Gasteiger partial charge >= 0.3 is 0 Å². The lowest BCUT2D eigenvalue weighted by Gasteiger charge is -2.36. The van der Waals surface area contributed by atoms with Crippen molar-refractivity contribution in [1.82, 2.24) is 14.8 Å². The number of anilines is 1. The second kappa shape index (κ2) is 7.95. The number of fused-ring (bicyclic) bond motifs is 3. The summed E-state index contributed by atoms with van der Waals surface area (Å²) in [6.07, 6.45) is 4.47. The summed E-state index contributed by atoms with van der Waals surface area (Å²) in [5.74, 6) is 3.45. The number of hydrogen-bond donors (Lipinski definition) is 0. The highest BCUT2D eigenvalue weighted by molar-refractivity contribution is 6.31. The van der Waals surface area contributed by atoms with Crippen LogP contribution in [0.3, 0.4) is 0 Å². The van der Waals surface area contributed by atoms with Gasteiger partial charge in [-0.3, -0.25) is 4.57 Å². The Morgan fingerprint density at radius 1 is 0.967 bits per heavy atom. The Morgan fingerprint density at radius 2 is 1.73 bits per heavy atom. The molecule has 0 bridgehead atoms. The smallest absolute Gasteiger partial charge is 0.157 e. The molecule has 156 valence electrons. The number of aromatic nitrogens is 3. The third kappa shape index (κ3) is 3.56. The van der Waals surface area contributed by atoms with E-state index in [4.69, 9.17) is 16.3 Å². The minimum Gasteiger partial charge on any atom is -0.490 e. The molecule has 0 saturated heterocycles. The number of hydrogen-bond acceptors (Lipinski definition) is 4. The Labute approximate surface area is 182 Å². The minimum absolute atomic E-state index is 0.273. The van der Waals surface area contributed by atoms with Crippen LogP contribution in [-0.4, -0.2) is 26.9 Å². The molecule has 0 amide bonds. The predicted octanol–water partition coefficient (Wildman–Crippen LogP) is 5.75. The van der Waals surface area contributed by atoms with E-state index >= 15 is 0 Å². The second-order valence-electron chi connectivity index (χ2n) is 8.57. The van der Waals surface area contributed by atoms with Crippen LogP contribution in [0.15, 0.2) is 48.5 Å². The average Bonchev–Trinajstić information content (AvgIpc) is 3.18. The van der Waals surface area contributed by atoms with Crippen molar-refractivity contribution in [3.63, 3.8) is 0 Å². The van der Waals surface area contributed by atoms with Gasteiger partial charge in [0.15, 0.2) is 5.82 Å². The summed E-state index contributed by atoms with van der Waals surface area (Å²) in [4.78, 5) is 2.35. The zero-order valence-electron chi connectivity index (χ0n) is 17.5. The van der Waals surface area contributed by atoms with Crippen LogP contribution in [0.1, 0.15) is 57.1 Å². The summed E-state index contributed by atoms with van der Waals surface area (Å²) in [5, 5.41) is 10.00. The molecule has 0 unspecified atom stereocenters. The first-order chi connectivity index (χ1) is 14.6. The van der Waals surface area contributed by atoms with E-state index in [2.05, 4.69) is 45.6 Å². The Hall–Kier alpha value is -2.53. The summed E-state index contributed by atoms with van der Waals surface area (Å²) < 4.78 is 8.45. The van der Waals surface area contributed by atoms with Gasteiger partial charge in [-0.05, 0) is 69.9 Å². The van der Waals surface area contributed by atoms with Gasteiger partial charge in [0.2, 0.25) is 0 Å². The van der Waals surface area contributed by atoms with Gasteiger partial charge in [-0.2, -0.15) is 0 Å². The van der Waals surface area contributed by atoms with Crippen molar-refractivity contribution in [2.24, 2.45) is 0 Å². The van der Waals surface area contributed by atoms with Crippen LogP contribution in [0.4, 0.5) is 5.69 Å². The lowest BCUT2D eigenvalue weighted by Crippen LogP contribution is -2.35. The van der Waals surface area contributed by atoms with Gasteiger partial charge in [0.1, 0.15) is 11.6 Å². The molecule has 1 saturated carbocycles. The van der Waals surface area contributed by atoms with E-state index in [0.717, 1.165) is 66.0 Å². The Morgan fingerprint density at radius 3 is 2.47 bits per heavy atom. The van der Waals surface area contributed by atoms with Crippen molar-refractivity contribution in [3.8, 4) is 11.4 Å². The number of rotatable bonds is 4. The molecular formula is C24H27ClN4O. The first-order valence-corrected chi connectivity index (χ1v) is 11.2. The summed E-state index contributed by atoms with van der Waals surface area (Å²) in [5.41, 5.74) is 2.30. The standard InChI is InChI=1S/C24H27ClN4O/c1-16(2)28-15-23-26-27-24(29(23)21-13-10-18(25)14-22(21)28)17-8-11-20(12-9-17)30-19-6-4-3-5-7-19/h3-7,10,13-14,16-17,20H,8-9,11-12,15H2,1-2H3. The zero-order chi connectivity index (χ0) is 20.7. The fourth-order valence-corrected chi connectivity index (χ4v) is 4.87. The van der Waals surface area contributed by atoms with E-state index in [1.807, 2.05) is 36.4 Å². The van der Waals surface area contributed by atoms with Crippen LogP contribution in [0, 0.1) is 0 Å². The van der Waals surface area contributed by atoms with E-state index < -0.39 is 0 Å². The molecule has 0 radical (unpaired) electrons. The third-order valence-electron chi connectivity index (χ3n) is 6.26. The average molecular weight is 423 g/mol. The monoisotopic (exact) mass is 422 g/mol. The highest BCUT2D eigenvalue weighted by Crippen LogP contribution is 2.40. The van der Waals surface area contributed by atoms with Crippen LogP contribution in [0.2, 0.25) is 5.02 Å². The molecule has 3 aromatic rings. The lowest BCUT2D eigenvalue weighted by molar-refractivity contribution is 0.144. The van der Waals surface area contributed by atoms with Crippen LogP contribution < -0.4 is 9.64 Å². The molecule has 1 aliphatic heterocycles. The first kappa shape index (κ1) is 19.4. The zero-order valence-corrected chi connectivity index (χ0v) is 18.2. The Bertz CT molecular complexity index is 1020. The van der Waals surface area contributed by atoms with E-state index in [0.29, 0.717) is 12.0 Å². The van der Waals surface area contributed by atoms with Gasteiger partial charge < -0.3 is 9.64 Å². The van der Waals surface area contributed by atoms with Crippen LogP contribution in [0.25, 0.3) is 5.69 Å². The van der Waals surface area contributed by atoms with Gasteiger partial charge in [-0.1, -0.05) is 29.8 Å². The fraction of sp³-hybridized carbons (Fsp3) is 0.417. The van der Waals surface area contributed by atoms with Crippen molar-refractivity contribution >= 4 is 17.3 Å². The molecule has 1 aromatic heterocycles. The van der Waals surface area contributed by atoms with Gasteiger partial charge in [-0.15, -0.1) is 10.2 Å². The van der Waals surface area contributed by atoms with Crippen LogP contribution in [0.5, 0.6) is 5.75 Å². The van der Waals surface area contributed by atoms with Crippen molar-refractivity contribution in [2.75, 3.05) is 4.90 Å². The Balaban J connectivity index is 1.38. The van der Waals surface area contributed by atoms with E-state index in [1.54, 1.807) is 0 Å². The maximum atomic E-state index is 6.34. The molecule has 6 heteroatoms. The molecule has 5 rings (SSSR count). The topological polar surface area (TPSA) is 43.2 Å². The van der Waals surface area contributed by atoms with Crippen molar-refractivity contribution in [3.05, 3.63) is 65.2 Å². The van der Waals surface area contributed by atoms with Crippen molar-refractivity contribution in [1.29, 1.82) is 0 Å². The predicted molar refractivity (Wildman–Crippen MR) is 120 cm³/mol. The van der Waals surface area contributed by atoms with Crippen LogP contribution >= 0.6 is 11.6 Å². The molecule has 2 aromatic carbocycles. The van der Waals surface area contributed by atoms with Gasteiger partial charge in [-0.25, -0.2) is 0 Å². The summed E-state index contributed by atoms with van der Waals surface area (Å²) >= 11 is 6.34. The molecular weight excluding hydrogens is 396 g/mol. The van der Waals surface area contributed by atoms with Crippen LogP contribution in [-0.2, 0) is 6.54 Å². The third-order valence-corrected chi connectivity index (χ3v) is 6.50. The molecule has 2 aliphatic rings. The molecule has 1 aliphatic carbocycles. The maximum Gasteiger partial charge on any atom is 0.157 e. The lowest BCUT2D eigenvalue weighted by atomic mass is 9.86. The van der Waals surface area contributed by atoms with E-state index in [9.17, 15) is 0 Å². The fourth-order valence-electron chi connectivity index (χ4n) is 4.70. The largest absolute Gasteiger partial charge is 0.490 e. The number of halogens is 1. The molecule has 5 nitrogen and oxygen atoms in total. The molecule has 0 atom stereocenters. The quantitative estimate of drug-likeness (QED) is 0.536. The van der Waals surface area contributed by atoms with Gasteiger partial charge in [0, 0.05) is 17.0 Å².